The highest BCUT2D eigenvalue weighted by Gasteiger charge is 2.00. The van der Waals surface area contributed by atoms with Crippen LogP contribution in [0.15, 0.2) is 18.2 Å². The molecule has 0 amide bonds. The van der Waals surface area contributed by atoms with Crippen molar-refractivity contribution in [2.45, 2.75) is 13.3 Å². The zero-order valence-electron chi connectivity index (χ0n) is 6.87. The molecule has 0 bridgehead atoms. The maximum atomic E-state index is 5.64. The third-order valence-electron chi connectivity index (χ3n) is 1.76. The second-order valence-electron chi connectivity index (χ2n) is 2.69. The summed E-state index contributed by atoms with van der Waals surface area (Å²) in [6.45, 7) is 2.11. The molecule has 0 saturated carbocycles. The van der Waals surface area contributed by atoms with Gasteiger partial charge >= 0.3 is 0 Å². The third-order valence-corrected chi connectivity index (χ3v) is 2.94. The Bertz CT molecular complexity index is 406. The Morgan fingerprint density at radius 3 is 3.08 bits per heavy atom. The van der Waals surface area contributed by atoms with Gasteiger partial charge < -0.3 is 5.73 Å². The first kappa shape index (κ1) is 7.55. The number of rotatable bonds is 1. The Labute approximate surface area is 75.0 Å². The van der Waals surface area contributed by atoms with Crippen LogP contribution in [0.1, 0.15) is 11.9 Å². The molecular formula is C9H10N2S. The van der Waals surface area contributed by atoms with Gasteiger partial charge in [0.05, 0.1) is 15.2 Å². The molecule has 1 heterocycles. The van der Waals surface area contributed by atoms with Crippen molar-refractivity contribution in [3.05, 3.63) is 23.2 Å². The van der Waals surface area contributed by atoms with Crippen LogP contribution in [-0.4, -0.2) is 4.98 Å². The summed E-state index contributed by atoms with van der Waals surface area (Å²) in [4.78, 5) is 4.43. The van der Waals surface area contributed by atoms with E-state index in [1.54, 1.807) is 11.3 Å². The molecule has 0 aliphatic rings. The molecule has 1 aromatic carbocycles. The molecule has 0 aliphatic carbocycles. The second kappa shape index (κ2) is 2.75. The maximum Gasteiger partial charge on any atom is 0.0935 e. The van der Waals surface area contributed by atoms with Crippen molar-refractivity contribution >= 4 is 27.2 Å². The molecule has 0 unspecified atom stereocenters. The van der Waals surface area contributed by atoms with Gasteiger partial charge in [-0.2, -0.15) is 0 Å². The van der Waals surface area contributed by atoms with Crippen molar-refractivity contribution in [2.75, 3.05) is 5.73 Å². The van der Waals surface area contributed by atoms with Gasteiger partial charge in [-0.15, -0.1) is 11.3 Å². The maximum absolute atomic E-state index is 5.64. The summed E-state index contributed by atoms with van der Waals surface area (Å²) in [6, 6.07) is 5.87. The normalized spacial score (nSPS) is 10.8. The monoisotopic (exact) mass is 178 g/mol. The molecule has 2 nitrogen and oxygen atoms in total. The molecule has 0 atom stereocenters. The standard InChI is InChI=1S/C9H10N2S/c1-2-9-11-7-5-6(10)3-4-8(7)12-9/h3-5H,2,10H2,1H3. The lowest BCUT2D eigenvalue weighted by molar-refractivity contribution is 1.11. The van der Waals surface area contributed by atoms with Gasteiger partial charge in [-0.05, 0) is 24.6 Å². The highest BCUT2D eigenvalue weighted by molar-refractivity contribution is 7.18. The molecule has 2 rings (SSSR count). The summed E-state index contributed by atoms with van der Waals surface area (Å²) >= 11 is 1.74. The summed E-state index contributed by atoms with van der Waals surface area (Å²) in [5, 5.41) is 1.18. The summed E-state index contributed by atoms with van der Waals surface area (Å²) in [7, 11) is 0. The lowest BCUT2D eigenvalue weighted by atomic mass is 10.3. The predicted molar refractivity (Wildman–Crippen MR) is 53.4 cm³/mol. The van der Waals surface area contributed by atoms with Gasteiger partial charge in [0.2, 0.25) is 0 Å². The smallest absolute Gasteiger partial charge is 0.0935 e. The average Bonchev–Trinajstić information content (AvgIpc) is 2.46. The predicted octanol–water partition coefficient (Wildman–Crippen LogP) is 2.44. The minimum Gasteiger partial charge on any atom is -0.399 e. The molecule has 0 aliphatic heterocycles. The molecule has 0 saturated heterocycles. The first-order valence-corrected chi connectivity index (χ1v) is 4.76. The molecule has 2 aromatic rings. The van der Waals surface area contributed by atoms with Crippen LogP contribution >= 0.6 is 11.3 Å². The molecule has 0 radical (unpaired) electrons. The van der Waals surface area contributed by atoms with Crippen LogP contribution in [0.25, 0.3) is 10.2 Å². The SMILES string of the molecule is CCc1nc2cc(N)ccc2s1. The molecule has 0 spiro atoms. The second-order valence-corrected chi connectivity index (χ2v) is 3.80. The van der Waals surface area contributed by atoms with E-state index in [1.807, 2.05) is 18.2 Å². The Kier molecular flexibility index (Phi) is 1.73. The molecular weight excluding hydrogens is 168 g/mol. The van der Waals surface area contributed by atoms with E-state index < -0.39 is 0 Å². The highest BCUT2D eigenvalue weighted by Crippen LogP contribution is 2.23. The average molecular weight is 178 g/mol. The summed E-state index contributed by atoms with van der Waals surface area (Å²) < 4.78 is 1.22. The molecule has 3 heteroatoms. The third kappa shape index (κ3) is 1.16. The van der Waals surface area contributed by atoms with Crippen molar-refractivity contribution in [3.63, 3.8) is 0 Å². The molecule has 0 fully saturated rings. The fourth-order valence-corrected chi connectivity index (χ4v) is 2.03. The van der Waals surface area contributed by atoms with Gasteiger partial charge in [-0.25, -0.2) is 4.98 Å². The fourth-order valence-electron chi connectivity index (χ4n) is 1.14. The number of anilines is 1. The first-order valence-electron chi connectivity index (χ1n) is 3.94. The Hall–Kier alpha value is -1.09. The van der Waals surface area contributed by atoms with Gasteiger partial charge in [0.25, 0.3) is 0 Å². The number of aryl methyl sites for hydroxylation is 1. The van der Waals surface area contributed by atoms with E-state index in [0.717, 1.165) is 17.6 Å². The quantitative estimate of drug-likeness (QED) is 0.681. The zero-order valence-corrected chi connectivity index (χ0v) is 7.69. The molecule has 12 heavy (non-hydrogen) atoms. The zero-order chi connectivity index (χ0) is 8.55. The van der Waals surface area contributed by atoms with Crippen molar-refractivity contribution in [1.82, 2.24) is 4.98 Å². The largest absolute Gasteiger partial charge is 0.399 e. The van der Waals surface area contributed by atoms with Gasteiger partial charge in [0.15, 0.2) is 0 Å². The van der Waals surface area contributed by atoms with Crippen LogP contribution in [0.3, 0.4) is 0 Å². The van der Waals surface area contributed by atoms with Gasteiger partial charge in [-0.3, -0.25) is 0 Å². The Balaban J connectivity index is 2.67. The van der Waals surface area contributed by atoms with E-state index in [1.165, 1.54) is 9.71 Å². The highest BCUT2D eigenvalue weighted by atomic mass is 32.1. The number of benzene rings is 1. The van der Waals surface area contributed by atoms with E-state index in [9.17, 15) is 0 Å². The number of hydrogen-bond donors (Lipinski definition) is 1. The van der Waals surface area contributed by atoms with Crippen LogP contribution in [0.2, 0.25) is 0 Å². The van der Waals surface area contributed by atoms with E-state index in [2.05, 4.69) is 11.9 Å². The first-order chi connectivity index (χ1) is 5.79. The Morgan fingerprint density at radius 2 is 2.33 bits per heavy atom. The number of aromatic nitrogens is 1. The number of fused-ring (bicyclic) bond motifs is 1. The molecule has 1 aromatic heterocycles. The minimum atomic E-state index is 0.787. The van der Waals surface area contributed by atoms with E-state index >= 15 is 0 Å². The summed E-state index contributed by atoms with van der Waals surface area (Å²) in [5.74, 6) is 0. The van der Waals surface area contributed by atoms with Crippen molar-refractivity contribution in [3.8, 4) is 0 Å². The molecule has 62 valence electrons. The van der Waals surface area contributed by atoms with Gasteiger partial charge in [-0.1, -0.05) is 6.92 Å². The molecule has 2 N–H and O–H groups in total. The topological polar surface area (TPSA) is 38.9 Å². The van der Waals surface area contributed by atoms with Gasteiger partial charge in [0.1, 0.15) is 0 Å². The van der Waals surface area contributed by atoms with Crippen molar-refractivity contribution in [2.24, 2.45) is 0 Å². The lowest BCUT2D eigenvalue weighted by Gasteiger charge is -1.89. The summed E-state index contributed by atoms with van der Waals surface area (Å²) in [5.41, 5.74) is 7.45. The van der Waals surface area contributed by atoms with Crippen LogP contribution in [0.4, 0.5) is 5.69 Å². The van der Waals surface area contributed by atoms with Gasteiger partial charge in [0, 0.05) is 5.69 Å². The van der Waals surface area contributed by atoms with Crippen LogP contribution in [0.5, 0.6) is 0 Å². The minimum absolute atomic E-state index is 0.787. The van der Waals surface area contributed by atoms with E-state index in [0.29, 0.717) is 0 Å². The van der Waals surface area contributed by atoms with E-state index in [-0.39, 0.29) is 0 Å². The Morgan fingerprint density at radius 1 is 1.50 bits per heavy atom. The number of nitrogen functional groups attached to an aromatic ring is 1. The van der Waals surface area contributed by atoms with Crippen LogP contribution in [0, 0.1) is 0 Å². The van der Waals surface area contributed by atoms with E-state index in [4.69, 9.17) is 5.73 Å². The lowest BCUT2D eigenvalue weighted by Crippen LogP contribution is -1.82. The number of nitrogens with two attached hydrogens (primary N) is 1. The number of nitrogens with zero attached hydrogens (tertiary/aromatic N) is 1. The van der Waals surface area contributed by atoms with Crippen molar-refractivity contribution < 1.29 is 0 Å². The summed E-state index contributed by atoms with van der Waals surface area (Å²) in [6.07, 6.45) is 0.999. The fraction of sp³-hybridized carbons (Fsp3) is 0.222. The van der Waals surface area contributed by atoms with Crippen LogP contribution in [-0.2, 0) is 6.42 Å². The van der Waals surface area contributed by atoms with Crippen molar-refractivity contribution in [1.29, 1.82) is 0 Å². The number of thiazole rings is 1. The number of hydrogen-bond acceptors (Lipinski definition) is 3. The van der Waals surface area contributed by atoms with Crippen LogP contribution < -0.4 is 5.73 Å².